The van der Waals surface area contributed by atoms with Gasteiger partial charge in [0.15, 0.2) is 0 Å². The average molecular weight is 399 g/mol. The Bertz CT molecular complexity index is 440. The van der Waals surface area contributed by atoms with E-state index in [4.69, 9.17) is 4.74 Å². The molecule has 0 saturated carbocycles. The summed E-state index contributed by atoms with van der Waals surface area (Å²) in [5.41, 5.74) is 1.06. The third-order valence-corrected chi connectivity index (χ3v) is 4.43. The van der Waals surface area contributed by atoms with Gasteiger partial charge in [0.05, 0.1) is 11.6 Å². The maximum absolute atomic E-state index is 11.1. The highest BCUT2D eigenvalue weighted by Crippen LogP contribution is 2.32. The first-order valence-corrected chi connectivity index (χ1v) is 8.80. The fraction of sp³-hybridized carbons (Fsp3) is 0.500. The number of hydrogen-bond acceptors (Lipinski definition) is 3. The maximum atomic E-state index is 11.1. The van der Waals surface area contributed by atoms with Crippen LogP contribution in [-0.4, -0.2) is 29.4 Å². The number of rotatable bonds is 6. The van der Waals surface area contributed by atoms with Gasteiger partial charge in [-0.15, -0.1) is 0 Å². The smallest absolute Gasteiger partial charge is 0.137 e. The Morgan fingerprint density at radius 2 is 2.11 bits per heavy atom. The fourth-order valence-corrected chi connectivity index (χ4v) is 3.97. The molecular weight excluding hydrogens is 382 g/mol. The highest BCUT2D eigenvalue weighted by atomic mass is 79.9. The van der Waals surface area contributed by atoms with Gasteiger partial charge in [-0.2, -0.15) is 0 Å². The van der Waals surface area contributed by atoms with Crippen molar-refractivity contribution in [3.63, 3.8) is 0 Å². The SMILES string of the molecule is COc1c(Br)cc(Br)cc1CNC(C)CS(C)=O. The van der Waals surface area contributed by atoms with Crippen LogP contribution in [0.2, 0.25) is 0 Å². The summed E-state index contributed by atoms with van der Waals surface area (Å²) in [7, 11) is 0.873. The minimum absolute atomic E-state index is 0.207. The number of nitrogens with one attached hydrogen (secondary N) is 1. The van der Waals surface area contributed by atoms with Gasteiger partial charge in [0, 0.05) is 45.4 Å². The first-order chi connectivity index (χ1) is 8.43. The molecular formula is C12H17Br2NO2S. The molecule has 2 unspecified atom stereocenters. The fourth-order valence-electron chi connectivity index (χ4n) is 1.67. The summed E-state index contributed by atoms with van der Waals surface area (Å²) >= 11 is 6.94. The second kappa shape index (κ2) is 7.62. The topological polar surface area (TPSA) is 38.3 Å². The Morgan fingerprint density at radius 1 is 1.44 bits per heavy atom. The molecule has 1 N–H and O–H groups in total. The Morgan fingerprint density at radius 3 is 2.67 bits per heavy atom. The van der Waals surface area contributed by atoms with Crippen LogP contribution in [0.4, 0.5) is 0 Å². The molecule has 0 bridgehead atoms. The second-order valence-corrected chi connectivity index (χ2v) is 7.35. The van der Waals surface area contributed by atoms with E-state index < -0.39 is 10.8 Å². The van der Waals surface area contributed by atoms with Crippen LogP contribution in [0, 0.1) is 0 Å². The van der Waals surface area contributed by atoms with Crippen LogP contribution < -0.4 is 10.1 Å². The number of hydrogen-bond donors (Lipinski definition) is 1. The van der Waals surface area contributed by atoms with Gasteiger partial charge in [0.25, 0.3) is 0 Å². The van der Waals surface area contributed by atoms with Crippen molar-refractivity contribution in [2.24, 2.45) is 0 Å². The van der Waals surface area contributed by atoms with E-state index in [2.05, 4.69) is 37.2 Å². The zero-order valence-corrected chi connectivity index (χ0v) is 14.6. The lowest BCUT2D eigenvalue weighted by molar-refractivity contribution is 0.403. The zero-order chi connectivity index (χ0) is 13.7. The van der Waals surface area contributed by atoms with Gasteiger partial charge in [0.2, 0.25) is 0 Å². The summed E-state index contributed by atoms with van der Waals surface area (Å²) in [6, 6.07) is 4.18. The molecule has 0 fully saturated rings. The van der Waals surface area contributed by atoms with Gasteiger partial charge in [-0.25, -0.2) is 0 Å². The van der Waals surface area contributed by atoms with Gasteiger partial charge in [-0.1, -0.05) is 15.9 Å². The Kier molecular flexibility index (Phi) is 6.84. The summed E-state index contributed by atoms with van der Waals surface area (Å²) in [6.07, 6.45) is 1.72. The van der Waals surface area contributed by atoms with E-state index in [9.17, 15) is 4.21 Å². The first-order valence-electron chi connectivity index (χ1n) is 5.49. The van der Waals surface area contributed by atoms with Crippen molar-refractivity contribution in [2.45, 2.75) is 19.5 Å². The second-order valence-electron chi connectivity index (χ2n) is 4.10. The summed E-state index contributed by atoms with van der Waals surface area (Å²) < 4.78 is 18.4. The molecule has 0 aliphatic rings. The minimum Gasteiger partial charge on any atom is -0.495 e. The van der Waals surface area contributed by atoms with Crippen molar-refractivity contribution >= 4 is 42.7 Å². The molecule has 0 saturated heterocycles. The van der Waals surface area contributed by atoms with Crippen molar-refractivity contribution in [1.82, 2.24) is 5.32 Å². The number of methoxy groups -OCH3 is 1. The van der Waals surface area contributed by atoms with Crippen molar-refractivity contribution in [3.8, 4) is 5.75 Å². The molecule has 6 heteroatoms. The standard InChI is InChI=1S/C12H17Br2NO2S/c1-8(7-18(3)16)15-6-9-4-10(13)5-11(14)12(9)17-2/h4-5,8,15H,6-7H2,1-3H3. The van der Waals surface area contributed by atoms with Crippen LogP contribution in [0.1, 0.15) is 12.5 Å². The largest absolute Gasteiger partial charge is 0.495 e. The molecule has 1 aromatic carbocycles. The average Bonchev–Trinajstić information content (AvgIpc) is 2.24. The Labute approximate surface area is 127 Å². The zero-order valence-electron chi connectivity index (χ0n) is 10.6. The molecule has 0 amide bonds. The molecule has 2 atom stereocenters. The van der Waals surface area contributed by atoms with Crippen molar-refractivity contribution in [2.75, 3.05) is 19.1 Å². The van der Waals surface area contributed by atoms with Gasteiger partial charge in [-0.3, -0.25) is 4.21 Å². The predicted molar refractivity (Wildman–Crippen MR) is 83.6 cm³/mol. The van der Waals surface area contributed by atoms with Crippen LogP contribution in [0.3, 0.4) is 0 Å². The van der Waals surface area contributed by atoms with Crippen molar-refractivity contribution in [1.29, 1.82) is 0 Å². The minimum atomic E-state index is -0.782. The lowest BCUT2D eigenvalue weighted by Crippen LogP contribution is -2.30. The summed E-state index contributed by atoms with van der Waals surface area (Å²) in [5, 5.41) is 3.34. The first kappa shape index (κ1) is 16.1. The normalized spacial score (nSPS) is 14.3. The third-order valence-electron chi connectivity index (χ3n) is 2.42. The molecule has 102 valence electrons. The Balaban J connectivity index is 2.75. The number of benzene rings is 1. The van der Waals surface area contributed by atoms with E-state index in [-0.39, 0.29) is 6.04 Å². The van der Waals surface area contributed by atoms with Gasteiger partial charge < -0.3 is 10.1 Å². The molecule has 0 aliphatic carbocycles. The lowest BCUT2D eigenvalue weighted by atomic mass is 10.2. The highest BCUT2D eigenvalue weighted by molar-refractivity contribution is 9.11. The van der Waals surface area contributed by atoms with Crippen LogP contribution in [0.15, 0.2) is 21.1 Å². The van der Waals surface area contributed by atoms with Crippen LogP contribution in [-0.2, 0) is 17.3 Å². The van der Waals surface area contributed by atoms with Gasteiger partial charge >= 0.3 is 0 Å². The van der Waals surface area contributed by atoms with Crippen molar-refractivity contribution in [3.05, 3.63) is 26.6 Å². The summed E-state index contributed by atoms with van der Waals surface area (Å²) in [6.45, 7) is 2.71. The molecule has 0 heterocycles. The molecule has 3 nitrogen and oxygen atoms in total. The molecule has 0 aromatic heterocycles. The number of ether oxygens (including phenoxy) is 1. The predicted octanol–water partition coefficient (Wildman–Crippen LogP) is 3.08. The molecule has 18 heavy (non-hydrogen) atoms. The molecule has 0 aliphatic heterocycles. The third kappa shape index (κ3) is 4.99. The molecule has 0 spiro atoms. The van der Waals surface area contributed by atoms with Gasteiger partial charge in [0.1, 0.15) is 5.75 Å². The van der Waals surface area contributed by atoms with E-state index >= 15 is 0 Å². The molecule has 1 aromatic rings. The van der Waals surface area contributed by atoms with E-state index in [1.165, 1.54) is 0 Å². The van der Waals surface area contributed by atoms with E-state index in [1.54, 1.807) is 13.4 Å². The van der Waals surface area contributed by atoms with Crippen LogP contribution >= 0.6 is 31.9 Å². The molecule has 0 radical (unpaired) electrons. The van der Waals surface area contributed by atoms with Gasteiger partial charge in [-0.05, 0) is 35.0 Å². The van der Waals surface area contributed by atoms with Crippen LogP contribution in [0.25, 0.3) is 0 Å². The summed E-state index contributed by atoms with van der Waals surface area (Å²) in [5.74, 6) is 1.48. The molecule has 1 rings (SSSR count). The maximum Gasteiger partial charge on any atom is 0.137 e. The Hall–Kier alpha value is 0.0900. The lowest BCUT2D eigenvalue weighted by Gasteiger charge is -2.15. The summed E-state index contributed by atoms with van der Waals surface area (Å²) in [4.78, 5) is 0. The highest BCUT2D eigenvalue weighted by Gasteiger charge is 2.11. The van der Waals surface area contributed by atoms with Crippen molar-refractivity contribution < 1.29 is 8.95 Å². The van der Waals surface area contributed by atoms with E-state index in [0.29, 0.717) is 12.3 Å². The number of halogens is 2. The van der Waals surface area contributed by atoms with E-state index in [1.807, 2.05) is 19.1 Å². The quantitative estimate of drug-likeness (QED) is 0.800. The van der Waals surface area contributed by atoms with E-state index in [0.717, 1.165) is 20.3 Å². The monoisotopic (exact) mass is 397 g/mol. The van der Waals surface area contributed by atoms with Crippen LogP contribution in [0.5, 0.6) is 5.75 Å².